The summed E-state index contributed by atoms with van der Waals surface area (Å²) in [5.74, 6) is 0. The first-order valence-corrected chi connectivity index (χ1v) is 6.40. The zero-order valence-electron chi connectivity index (χ0n) is 8.86. The molecule has 2 heteroatoms. The van der Waals surface area contributed by atoms with Crippen molar-refractivity contribution in [3.8, 4) is 0 Å². The molecule has 2 aromatic carbocycles. The Kier molecular flexibility index (Phi) is 2.27. The number of rotatable bonds is 0. The minimum Gasteiger partial charge on any atom is -0.135 e. The van der Waals surface area contributed by atoms with Crippen molar-refractivity contribution in [2.24, 2.45) is 0 Å². The van der Waals surface area contributed by atoms with Crippen molar-refractivity contribution in [2.75, 3.05) is 0 Å². The van der Waals surface area contributed by atoms with Crippen molar-refractivity contribution < 1.29 is 0 Å². The predicted molar refractivity (Wildman–Crippen MR) is 74.9 cm³/mol. The van der Waals surface area contributed by atoms with Crippen LogP contribution < -0.4 is 0 Å². The van der Waals surface area contributed by atoms with Gasteiger partial charge in [-0.15, -0.1) is 11.3 Å². The monoisotopic (exact) mass is 242 g/mol. The van der Waals surface area contributed by atoms with Crippen LogP contribution in [0.4, 0.5) is 0 Å². The third-order valence-corrected chi connectivity index (χ3v) is 4.32. The molecule has 0 atom stereocenters. The van der Waals surface area contributed by atoms with E-state index in [1.54, 1.807) is 0 Å². The second kappa shape index (κ2) is 3.65. The van der Waals surface area contributed by atoms with E-state index in [1.807, 2.05) is 17.4 Å². The van der Waals surface area contributed by atoms with Gasteiger partial charge in [0.15, 0.2) is 0 Å². The van der Waals surface area contributed by atoms with E-state index in [2.05, 4.69) is 43.3 Å². The highest BCUT2D eigenvalue weighted by Gasteiger charge is 2.02. The van der Waals surface area contributed by atoms with E-state index in [9.17, 15) is 0 Å². The number of benzene rings is 2. The summed E-state index contributed by atoms with van der Waals surface area (Å²) in [4.78, 5) is 0. The highest BCUT2D eigenvalue weighted by molar-refractivity contribution is 7.72. The third-order valence-electron chi connectivity index (χ3n) is 2.73. The van der Waals surface area contributed by atoms with Crippen LogP contribution in [0.3, 0.4) is 0 Å². The van der Waals surface area contributed by atoms with Gasteiger partial charge >= 0.3 is 0 Å². The van der Waals surface area contributed by atoms with Gasteiger partial charge in [0.05, 0.1) is 4.51 Å². The van der Waals surface area contributed by atoms with E-state index in [1.165, 1.54) is 25.7 Å². The van der Waals surface area contributed by atoms with Crippen molar-refractivity contribution in [3.05, 3.63) is 52.5 Å². The molecule has 0 aliphatic heterocycles. The van der Waals surface area contributed by atoms with Crippen molar-refractivity contribution in [1.82, 2.24) is 0 Å². The Balaban J connectivity index is 2.61. The summed E-state index contributed by atoms with van der Waals surface area (Å²) in [5, 5.41) is 2.40. The maximum absolute atomic E-state index is 5.56. The summed E-state index contributed by atoms with van der Waals surface area (Å²) < 4.78 is 3.52. The fraction of sp³-hybridized carbons (Fsp3) is 0.0714. The highest BCUT2D eigenvalue weighted by atomic mass is 32.1. The summed E-state index contributed by atoms with van der Waals surface area (Å²) in [6.07, 6.45) is 0. The normalized spacial score (nSPS) is 11.1. The molecule has 0 nitrogen and oxygen atoms in total. The van der Waals surface area contributed by atoms with Gasteiger partial charge in [-0.05, 0) is 25.1 Å². The molecule has 0 N–H and O–H groups in total. The molecule has 78 valence electrons. The quantitative estimate of drug-likeness (QED) is 0.391. The molecule has 0 saturated heterocycles. The molecule has 0 saturated carbocycles. The Morgan fingerprint density at radius 1 is 0.938 bits per heavy atom. The van der Waals surface area contributed by atoms with E-state index in [4.69, 9.17) is 12.2 Å². The Labute approximate surface area is 103 Å². The lowest BCUT2D eigenvalue weighted by Gasteiger charge is -2.02. The summed E-state index contributed by atoms with van der Waals surface area (Å²) in [6, 6.07) is 14.8. The lowest BCUT2D eigenvalue weighted by molar-refractivity contribution is 1.51. The number of aryl methyl sites for hydroxylation is 1. The SMILES string of the molecule is Cc1ccc2sc3ccccc3c(=S)c2c1. The molecule has 1 aromatic heterocycles. The van der Waals surface area contributed by atoms with E-state index in [-0.39, 0.29) is 0 Å². The summed E-state index contributed by atoms with van der Waals surface area (Å²) in [7, 11) is 0. The Morgan fingerprint density at radius 2 is 1.69 bits per heavy atom. The fourth-order valence-electron chi connectivity index (χ4n) is 1.92. The van der Waals surface area contributed by atoms with Gasteiger partial charge in [-0.3, -0.25) is 0 Å². The van der Waals surface area contributed by atoms with Crippen molar-refractivity contribution in [1.29, 1.82) is 0 Å². The van der Waals surface area contributed by atoms with Crippen LogP contribution in [0, 0.1) is 11.4 Å². The Morgan fingerprint density at radius 3 is 2.56 bits per heavy atom. The van der Waals surface area contributed by atoms with Crippen LogP contribution in [0.5, 0.6) is 0 Å². The second-order valence-corrected chi connectivity index (χ2v) is 5.42. The van der Waals surface area contributed by atoms with Gasteiger partial charge in [0.25, 0.3) is 0 Å². The topological polar surface area (TPSA) is 0 Å². The van der Waals surface area contributed by atoms with Gasteiger partial charge in [-0.1, -0.05) is 42.0 Å². The molecule has 0 aliphatic carbocycles. The van der Waals surface area contributed by atoms with Crippen molar-refractivity contribution >= 4 is 43.7 Å². The first-order chi connectivity index (χ1) is 7.75. The molecule has 0 fully saturated rings. The Hall–Kier alpha value is -1.25. The van der Waals surface area contributed by atoms with Crippen LogP contribution in [0.1, 0.15) is 5.56 Å². The summed E-state index contributed by atoms with van der Waals surface area (Å²) in [5.41, 5.74) is 1.26. The van der Waals surface area contributed by atoms with Crippen molar-refractivity contribution in [3.63, 3.8) is 0 Å². The molecule has 0 amide bonds. The molecule has 3 rings (SSSR count). The average Bonchev–Trinajstić information content (AvgIpc) is 2.31. The van der Waals surface area contributed by atoms with Crippen LogP contribution in [0.2, 0.25) is 0 Å². The fourth-order valence-corrected chi connectivity index (χ4v) is 3.46. The smallest absolute Gasteiger partial charge is 0.0550 e. The first-order valence-electron chi connectivity index (χ1n) is 5.18. The lowest BCUT2D eigenvalue weighted by Crippen LogP contribution is -1.77. The maximum Gasteiger partial charge on any atom is 0.0550 e. The molecular weight excluding hydrogens is 232 g/mol. The zero-order chi connectivity index (χ0) is 11.1. The van der Waals surface area contributed by atoms with Gasteiger partial charge in [0.1, 0.15) is 0 Å². The zero-order valence-corrected chi connectivity index (χ0v) is 10.5. The van der Waals surface area contributed by atoms with Crippen LogP contribution >= 0.6 is 23.6 Å². The molecule has 3 aromatic rings. The number of hydrogen-bond acceptors (Lipinski definition) is 2. The molecule has 16 heavy (non-hydrogen) atoms. The molecule has 0 spiro atoms. The summed E-state index contributed by atoms with van der Waals surface area (Å²) in [6.45, 7) is 2.11. The molecular formula is C14H10S2. The predicted octanol–water partition coefficient (Wildman–Crippen LogP) is 5.09. The minimum absolute atomic E-state index is 0.980. The average molecular weight is 242 g/mol. The molecule has 0 unspecified atom stereocenters. The van der Waals surface area contributed by atoms with E-state index in [0.717, 1.165) is 4.51 Å². The molecule has 1 heterocycles. The van der Waals surface area contributed by atoms with E-state index in [0.29, 0.717) is 0 Å². The lowest BCUT2D eigenvalue weighted by atomic mass is 10.1. The van der Waals surface area contributed by atoms with E-state index >= 15 is 0 Å². The number of fused-ring (bicyclic) bond motifs is 2. The summed E-state index contributed by atoms with van der Waals surface area (Å²) >= 11 is 7.37. The molecule has 0 bridgehead atoms. The van der Waals surface area contributed by atoms with Gasteiger partial charge in [0.2, 0.25) is 0 Å². The largest absolute Gasteiger partial charge is 0.135 e. The van der Waals surface area contributed by atoms with E-state index < -0.39 is 0 Å². The second-order valence-electron chi connectivity index (χ2n) is 3.93. The van der Waals surface area contributed by atoms with Crippen LogP contribution in [-0.2, 0) is 0 Å². The van der Waals surface area contributed by atoms with Crippen LogP contribution in [0.25, 0.3) is 20.2 Å². The first kappa shape index (κ1) is 9.94. The number of hydrogen-bond donors (Lipinski definition) is 0. The minimum atomic E-state index is 0.980. The van der Waals surface area contributed by atoms with Crippen LogP contribution in [-0.4, -0.2) is 0 Å². The van der Waals surface area contributed by atoms with Crippen LogP contribution in [0.15, 0.2) is 42.5 Å². The Bertz CT molecular complexity index is 738. The molecule has 0 radical (unpaired) electrons. The standard InChI is InChI=1S/C14H10S2/c1-9-6-7-13-11(8-9)14(15)10-4-2-3-5-12(10)16-13/h2-8H,1H3. The van der Waals surface area contributed by atoms with Gasteiger partial charge in [-0.25, -0.2) is 0 Å². The third kappa shape index (κ3) is 1.46. The van der Waals surface area contributed by atoms with Gasteiger partial charge in [-0.2, -0.15) is 0 Å². The van der Waals surface area contributed by atoms with Gasteiger partial charge < -0.3 is 0 Å². The van der Waals surface area contributed by atoms with Crippen molar-refractivity contribution in [2.45, 2.75) is 6.92 Å². The van der Waals surface area contributed by atoms with Gasteiger partial charge in [0, 0.05) is 20.2 Å². The maximum atomic E-state index is 5.56. The molecule has 0 aliphatic rings. The highest BCUT2D eigenvalue weighted by Crippen LogP contribution is 2.30.